The normalized spacial score (nSPS) is 14.4. The van der Waals surface area contributed by atoms with Crippen LogP contribution in [-0.4, -0.2) is 283 Å². The van der Waals surface area contributed by atoms with E-state index in [1.54, 1.807) is 56.3 Å². The summed E-state index contributed by atoms with van der Waals surface area (Å²) in [6.45, 7) is 5.12. The summed E-state index contributed by atoms with van der Waals surface area (Å²) < 4.78 is 0. The van der Waals surface area contributed by atoms with Crippen molar-refractivity contribution in [2.24, 2.45) is 51.8 Å². The molecule has 129 heavy (non-hydrogen) atoms. The minimum atomic E-state index is -1.85. The number of aliphatic hydroxyl groups excluding tert-OH is 2. The molecule has 0 unspecified atom stereocenters. The number of hydrogen-bond acceptors (Lipinski definition) is 27. The number of carbonyl (C=O) groups excluding carboxylic acids is 19. The molecular formula is C79H130N28O22. The molecule has 2 aromatic carbocycles. The molecule has 0 aliphatic carbocycles. The lowest BCUT2D eigenvalue weighted by atomic mass is 10.0. The molecule has 0 aliphatic heterocycles. The molecule has 0 bridgehead atoms. The third-order valence-corrected chi connectivity index (χ3v) is 19.2. The van der Waals surface area contributed by atoms with E-state index in [0.717, 1.165) is 6.92 Å². The number of aliphatic hydroxyl groups is 2. The van der Waals surface area contributed by atoms with Crippen LogP contribution >= 0.6 is 0 Å². The van der Waals surface area contributed by atoms with Crippen molar-refractivity contribution in [1.82, 2.24) is 95.7 Å². The number of primary amides is 3. The van der Waals surface area contributed by atoms with Gasteiger partial charge in [0.2, 0.25) is 112 Å². The van der Waals surface area contributed by atoms with E-state index in [9.17, 15) is 106 Å². The number of nitrogens with two attached hydrogens (primary N) is 8. The minimum Gasteiger partial charge on any atom is -0.508 e. The van der Waals surface area contributed by atoms with Gasteiger partial charge >= 0.3 is 0 Å². The van der Waals surface area contributed by atoms with Crippen molar-refractivity contribution < 1.29 is 106 Å². The highest BCUT2D eigenvalue weighted by Crippen LogP contribution is 2.15. The first kappa shape index (κ1) is 112. The van der Waals surface area contributed by atoms with E-state index in [2.05, 4.69) is 95.7 Å². The molecule has 50 nitrogen and oxygen atoms in total. The molecule has 2 rings (SSSR count). The molecule has 39 N–H and O–H groups in total. The van der Waals surface area contributed by atoms with Gasteiger partial charge in [-0.2, -0.15) is 0 Å². The van der Waals surface area contributed by atoms with Crippen LogP contribution in [0.15, 0.2) is 54.6 Å². The predicted octanol–water partition coefficient (Wildman–Crippen LogP) is -12.0. The van der Waals surface area contributed by atoms with Gasteiger partial charge in [0.25, 0.3) is 0 Å². The highest BCUT2D eigenvalue weighted by molar-refractivity contribution is 6.01. The van der Waals surface area contributed by atoms with Crippen LogP contribution in [0, 0.1) is 16.7 Å². The first-order valence-electron chi connectivity index (χ1n) is 41.8. The number of phenolic OH excluding ortho intramolecular Hbond substituents is 1. The first-order chi connectivity index (χ1) is 60.8. The van der Waals surface area contributed by atoms with Crippen LogP contribution in [0.5, 0.6) is 5.75 Å². The van der Waals surface area contributed by atoms with Crippen molar-refractivity contribution in [3.8, 4) is 5.75 Å². The number of amides is 19. The molecule has 0 aliphatic rings. The Morgan fingerprint density at radius 3 is 1.20 bits per heavy atom. The summed E-state index contributed by atoms with van der Waals surface area (Å²) in [4.78, 5) is 255. The van der Waals surface area contributed by atoms with Crippen LogP contribution in [0.2, 0.25) is 0 Å². The zero-order chi connectivity index (χ0) is 97.2. The van der Waals surface area contributed by atoms with E-state index < -0.39 is 248 Å². The van der Waals surface area contributed by atoms with E-state index in [1.165, 1.54) is 32.9 Å². The Hall–Kier alpha value is -13.5. The maximum absolute atomic E-state index is 14.4. The second-order valence-corrected chi connectivity index (χ2v) is 30.9. The van der Waals surface area contributed by atoms with E-state index in [1.807, 2.05) is 0 Å². The van der Waals surface area contributed by atoms with Crippen molar-refractivity contribution >= 4 is 124 Å². The molecule has 0 aromatic heterocycles. The van der Waals surface area contributed by atoms with E-state index in [0.29, 0.717) is 24.0 Å². The van der Waals surface area contributed by atoms with Crippen molar-refractivity contribution in [1.29, 1.82) is 10.8 Å². The van der Waals surface area contributed by atoms with Crippen LogP contribution in [0.3, 0.4) is 0 Å². The molecule has 0 heterocycles. The van der Waals surface area contributed by atoms with Crippen LogP contribution < -0.4 is 142 Å². The van der Waals surface area contributed by atoms with Crippen molar-refractivity contribution in [2.75, 3.05) is 52.4 Å². The molecule has 19 amide bonds. The summed E-state index contributed by atoms with van der Waals surface area (Å²) in [5.74, 6) is -19.9. The van der Waals surface area contributed by atoms with Gasteiger partial charge in [0.15, 0.2) is 11.9 Å². The summed E-state index contributed by atoms with van der Waals surface area (Å²) in [7, 11) is 0. The summed E-state index contributed by atoms with van der Waals surface area (Å²) in [6, 6.07) is -7.11. The lowest BCUT2D eigenvalue weighted by Gasteiger charge is -2.28. The number of benzene rings is 2. The van der Waals surface area contributed by atoms with Gasteiger partial charge in [-0.15, -0.1) is 0 Å². The minimum absolute atomic E-state index is 0.00985. The second-order valence-electron chi connectivity index (χ2n) is 30.9. The van der Waals surface area contributed by atoms with Gasteiger partial charge in [-0.05, 0) is 153 Å². The number of hydrogen-bond donors (Lipinski definition) is 31. The Morgan fingerprint density at radius 1 is 0.364 bits per heavy atom. The third-order valence-electron chi connectivity index (χ3n) is 19.2. The Kier molecular flexibility index (Phi) is 51.4. The van der Waals surface area contributed by atoms with Crippen LogP contribution in [0.1, 0.15) is 143 Å². The zero-order valence-electron chi connectivity index (χ0n) is 73.1. The number of nitrogens with one attached hydrogen (secondary N) is 20. The Morgan fingerprint density at radius 2 is 0.752 bits per heavy atom. The second kappa shape index (κ2) is 59.5. The Labute approximate surface area is 744 Å². The smallest absolute Gasteiger partial charge is 0.245 e. The molecule has 718 valence electrons. The third kappa shape index (κ3) is 45.5. The molecule has 0 fully saturated rings. The molecule has 0 saturated carbocycles. The summed E-state index contributed by atoms with van der Waals surface area (Å²) in [5, 5.41) is 89.6. The predicted molar refractivity (Wildman–Crippen MR) is 465 cm³/mol. The number of guanidine groups is 2. The monoisotopic (exact) mass is 1820 g/mol. The molecule has 15 atom stereocenters. The van der Waals surface area contributed by atoms with Gasteiger partial charge in [-0.1, -0.05) is 56.3 Å². The standard InChI is InChI=1S/C79H130N28O22/c1-40(2)32-54(73(125)96-43(5)67(119)104-56(35-59(84)112)74(126)99-49(64(85)116)26-27-58(83)111)105-71(123)50(18-10-12-28-80)102-70(122)53(21-15-31-91-79(88)89)101-66(118)42(4)97-76(128)57(39-108)106-72(124)51(19-11-13-29-81)103-69(121)52(20-14-30-90-78(86)87)100-65(117)41(3)95-61(114)38-94-77(129)63(44(6)109)107-75(127)55(34-45-16-8-7-9-17-45)98-62(115)37-92-60(113)36-93-68(120)48(82)33-46-22-24-47(110)25-23-46/h7-9,16-17,22-25,40-44,48-57,63,108-110H,10-15,18-21,26-39,80-82H2,1-6H3,(H2,83,111)(H2,84,112)(H2,85,116)(H,92,113)(H,93,120)(H,94,129)(H,95,114)(H,96,125)(H,97,128)(H,98,115)(H,99,126)(H,100,117)(H,101,118)(H,102,122)(H,103,121)(H,104,119)(H,105,123)(H,106,124)(H,107,127)(H4,86,87,90)(H4,88,89,91)/t41-,42-,43-,44+,48-,49-,50-,51-,52-,53-,54-,55-,56-,57-,63-/m0/s1. The van der Waals surface area contributed by atoms with Crippen LogP contribution in [0.4, 0.5) is 0 Å². The maximum atomic E-state index is 14.4. The number of unbranched alkanes of at least 4 members (excludes halogenated alkanes) is 2. The summed E-state index contributed by atoms with van der Waals surface area (Å²) in [6.07, 6.45) is -2.87. The topological polar surface area (TPSA) is 857 Å². The van der Waals surface area contributed by atoms with Crippen molar-refractivity contribution in [3.05, 3.63) is 65.7 Å². The lowest BCUT2D eigenvalue weighted by Crippen LogP contribution is -2.61. The SMILES string of the molecule is CC(C)C[C@H](NC(=O)[C@H](CCCCN)NC(=O)[C@H](CCCNC(=N)N)NC(=O)[C@H](C)NC(=O)[C@H](CO)NC(=O)[C@H](CCCCN)NC(=O)[C@H](CCCNC(=N)N)NC(=O)[C@H](C)NC(=O)CNC(=O)[C@@H](NC(=O)[C@H](Cc1ccccc1)NC(=O)CNC(=O)CNC(=O)[C@@H](N)Cc1ccc(O)cc1)[C@@H](C)O)C(=O)N[C@@H](C)C(=O)N[C@@H](CC(N)=O)C(=O)N[C@@H](CCC(N)=O)C(N)=O. The fraction of sp³-hybridized carbons (Fsp3) is 0.582. The molecule has 0 saturated heterocycles. The molecule has 50 heteroatoms. The number of aromatic hydroxyl groups is 1. The fourth-order valence-corrected chi connectivity index (χ4v) is 12.1. The molecule has 2 aromatic rings. The average Bonchev–Trinajstić information content (AvgIpc) is 0.857. The van der Waals surface area contributed by atoms with Gasteiger partial charge < -0.3 is 157 Å². The highest BCUT2D eigenvalue weighted by atomic mass is 16.3. The van der Waals surface area contributed by atoms with Gasteiger partial charge in [0.05, 0.1) is 44.8 Å². The van der Waals surface area contributed by atoms with Crippen LogP contribution in [-0.2, 0) is 104 Å². The summed E-state index contributed by atoms with van der Waals surface area (Å²) in [5.41, 5.74) is 45.5. The lowest BCUT2D eigenvalue weighted by molar-refractivity contribution is -0.136. The van der Waals surface area contributed by atoms with E-state index in [-0.39, 0.29) is 121 Å². The molecule has 0 spiro atoms. The average molecular weight is 1820 g/mol. The molecular weight excluding hydrogens is 1690 g/mol. The van der Waals surface area contributed by atoms with Crippen molar-refractivity contribution in [2.45, 2.75) is 235 Å². The van der Waals surface area contributed by atoms with Gasteiger partial charge in [0, 0.05) is 25.9 Å². The van der Waals surface area contributed by atoms with Gasteiger partial charge in [-0.3, -0.25) is 102 Å². The van der Waals surface area contributed by atoms with Gasteiger partial charge in [-0.25, -0.2) is 0 Å². The number of carbonyl (C=O) groups is 19. The Balaban J connectivity index is 2.30. The number of phenols is 1. The van der Waals surface area contributed by atoms with Crippen LogP contribution in [0.25, 0.3) is 0 Å². The van der Waals surface area contributed by atoms with Crippen molar-refractivity contribution in [3.63, 3.8) is 0 Å². The fourth-order valence-electron chi connectivity index (χ4n) is 12.1. The largest absolute Gasteiger partial charge is 0.508 e. The molecule has 0 radical (unpaired) electrons. The quantitative estimate of drug-likeness (QED) is 0.0166. The zero-order valence-corrected chi connectivity index (χ0v) is 73.1. The maximum Gasteiger partial charge on any atom is 0.245 e. The van der Waals surface area contributed by atoms with E-state index >= 15 is 0 Å². The van der Waals surface area contributed by atoms with E-state index in [4.69, 9.17) is 56.7 Å². The van der Waals surface area contributed by atoms with Gasteiger partial charge in [0.1, 0.15) is 84.3 Å². The summed E-state index contributed by atoms with van der Waals surface area (Å²) >= 11 is 0. The Bertz CT molecular complexity index is 4130. The first-order valence-corrected chi connectivity index (χ1v) is 41.8. The number of rotatable bonds is 62. The highest BCUT2D eigenvalue weighted by Gasteiger charge is 2.38.